The van der Waals surface area contributed by atoms with Gasteiger partial charge in [0.1, 0.15) is 18.1 Å². The van der Waals surface area contributed by atoms with Crippen molar-refractivity contribution >= 4 is 0 Å². The molecule has 0 bridgehead atoms. The van der Waals surface area contributed by atoms with Gasteiger partial charge < -0.3 is 19.0 Å². The molecule has 6 nitrogen and oxygen atoms in total. The molecule has 0 spiro atoms. The van der Waals surface area contributed by atoms with Gasteiger partial charge in [0.25, 0.3) is 0 Å². The number of benzene rings is 2. The van der Waals surface area contributed by atoms with Crippen LogP contribution in [0.25, 0.3) is 0 Å². The molecule has 4 rings (SSSR count). The molecule has 0 fully saturated rings. The monoisotopic (exact) mass is 339 g/mol. The lowest BCUT2D eigenvalue weighted by Gasteiger charge is -2.24. The van der Waals surface area contributed by atoms with Gasteiger partial charge in [-0.15, -0.1) is 0 Å². The quantitative estimate of drug-likeness (QED) is 0.763. The Kier molecular flexibility index (Phi) is 3.93. The summed E-state index contributed by atoms with van der Waals surface area (Å²) in [6.45, 7) is 0.935. The third kappa shape index (κ3) is 3.10. The first kappa shape index (κ1) is 15.4. The molecule has 3 aromatic rings. The van der Waals surface area contributed by atoms with Gasteiger partial charge in [0, 0.05) is 11.6 Å². The Balaban J connectivity index is 1.58. The predicted molar refractivity (Wildman–Crippen MR) is 90.2 cm³/mol. The van der Waals surface area contributed by atoms with E-state index in [1.165, 1.54) is 0 Å². The minimum Gasteiger partial charge on any atom is -0.493 e. The van der Waals surface area contributed by atoms with Gasteiger partial charge in [0.2, 0.25) is 5.88 Å². The Morgan fingerprint density at radius 3 is 2.80 bits per heavy atom. The van der Waals surface area contributed by atoms with Crippen molar-refractivity contribution in [1.29, 1.82) is 0 Å². The van der Waals surface area contributed by atoms with E-state index in [1.54, 1.807) is 0 Å². The lowest BCUT2D eigenvalue weighted by atomic mass is 9.91. The number of aromatic amines is 1. The molecule has 1 aromatic heterocycles. The standard InChI is InChI=1S/C19H17NO5/c21-18-17(25-19(22)20-18)15-8-9-23-16-10-13(6-7-14(15)16)24-11-12-4-2-1-3-5-12/h1-7,10,15,21H,8-9,11H2,(H,20,22)/t15-/m1/s1. The molecule has 0 unspecified atom stereocenters. The van der Waals surface area contributed by atoms with Gasteiger partial charge in [-0.2, -0.15) is 0 Å². The molecular weight excluding hydrogens is 322 g/mol. The summed E-state index contributed by atoms with van der Waals surface area (Å²) in [5.41, 5.74) is 1.94. The molecule has 0 aliphatic carbocycles. The summed E-state index contributed by atoms with van der Waals surface area (Å²) < 4.78 is 16.6. The van der Waals surface area contributed by atoms with E-state index >= 15 is 0 Å². The first-order valence-corrected chi connectivity index (χ1v) is 8.06. The zero-order chi connectivity index (χ0) is 17.2. The number of nitrogens with one attached hydrogen (secondary N) is 1. The molecule has 2 aromatic carbocycles. The minimum absolute atomic E-state index is 0.229. The summed E-state index contributed by atoms with van der Waals surface area (Å²) in [4.78, 5) is 13.6. The van der Waals surface area contributed by atoms with Crippen LogP contribution in [0, 0.1) is 0 Å². The van der Waals surface area contributed by atoms with Gasteiger partial charge in [-0.3, -0.25) is 4.98 Å². The number of aromatic hydroxyl groups is 1. The summed E-state index contributed by atoms with van der Waals surface area (Å²) in [7, 11) is 0. The molecular formula is C19H17NO5. The largest absolute Gasteiger partial charge is 0.493 e. The second kappa shape index (κ2) is 6.39. The second-order valence-electron chi connectivity index (χ2n) is 5.89. The van der Waals surface area contributed by atoms with Crippen LogP contribution in [0.4, 0.5) is 0 Å². The normalized spacial score (nSPS) is 16.1. The van der Waals surface area contributed by atoms with Crippen LogP contribution in [0.1, 0.15) is 29.2 Å². The SMILES string of the molecule is O=c1[nH]c(O)c([C@@H]2CCOc3cc(OCc4ccccc4)ccc32)o1. The highest BCUT2D eigenvalue weighted by Crippen LogP contribution is 2.41. The molecule has 2 heterocycles. The fourth-order valence-electron chi connectivity index (χ4n) is 3.04. The van der Waals surface area contributed by atoms with E-state index in [2.05, 4.69) is 4.98 Å². The average molecular weight is 339 g/mol. The van der Waals surface area contributed by atoms with E-state index in [0.717, 1.165) is 11.1 Å². The van der Waals surface area contributed by atoms with Crippen molar-refractivity contribution in [3.8, 4) is 17.4 Å². The molecule has 1 atom stereocenters. The summed E-state index contributed by atoms with van der Waals surface area (Å²) in [6.07, 6.45) is 0.617. The first-order valence-electron chi connectivity index (χ1n) is 8.06. The lowest BCUT2D eigenvalue weighted by Crippen LogP contribution is -2.15. The number of hydrogen-bond acceptors (Lipinski definition) is 5. The van der Waals surface area contributed by atoms with Crippen LogP contribution >= 0.6 is 0 Å². The molecule has 25 heavy (non-hydrogen) atoms. The Morgan fingerprint density at radius 2 is 2.04 bits per heavy atom. The number of fused-ring (bicyclic) bond motifs is 1. The van der Waals surface area contributed by atoms with Crippen molar-refractivity contribution in [2.75, 3.05) is 6.61 Å². The Labute approximate surface area is 143 Å². The Bertz CT molecular complexity index is 928. The fourth-order valence-corrected chi connectivity index (χ4v) is 3.04. The molecule has 128 valence electrons. The number of oxazole rings is 1. The van der Waals surface area contributed by atoms with Gasteiger partial charge in [0.05, 0.1) is 12.5 Å². The summed E-state index contributed by atoms with van der Waals surface area (Å²) in [5.74, 6) is 0.488. The first-order chi connectivity index (χ1) is 12.2. The van der Waals surface area contributed by atoms with Gasteiger partial charge in [0.15, 0.2) is 5.76 Å². The minimum atomic E-state index is -0.664. The van der Waals surface area contributed by atoms with Gasteiger partial charge >= 0.3 is 5.76 Å². The summed E-state index contributed by atoms with van der Waals surface area (Å²) in [5, 5.41) is 9.86. The number of aromatic nitrogens is 1. The predicted octanol–water partition coefficient (Wildman–Crippen LogP) is 3.17. The third-order valence-electron chi connectivity index (χ3n) is 4.25. The van der Waals surface area contributed by atoms with Crippen LogP contribution < -0.4 is 15.2 Å². The number of rotatable bonds is 4. The molecule has 1 aliphatic heterocycles. The molecule has 2 N–H and O–H groups in total. The van der Waals surface area contributed by atoms with Crippen LogP contribution in [-0.4, -0.2) is 16.7 Å². The highest BCUT2D eigenvalue weighted by molar-refractivity contribution is 5.47. The zero-order valence-electron chi connectivity index (χ0n) is 13.4. The van der Waals surface area contributed by atoms with Crippen LogP contribution in [-0.2, 0) is 6.61 Å². The maximum absolute atomic E-state index is 11.3. The van der Waals surface area contributed by atoms with E-state index in [-0.39, 0.29) is 17.6 Å². The molecule has 0 radical (unpaired) electrons. The van der Waals surface area contributed by atoms with E-state index in [9.17, 15) is 9.90 Å². The molecule has 0 saturated heterocycles. The van der Waals surface area contributed by atoms with Gasteiger partial charge in [-0.05, 0) is 18.1 Å². The van der Waals surface area contributed by atoms with Crippen LogP contribution in [0.3, 0.4) is 0 Å². The van der Waals surface area contributed by atoms with Crippen LogP contribution in [0.2, 0.25) is 0 Å². The summed E-state index contributed by atoms with van der Waals surface area (Å²) in [6, 6.07) is 15.5. The van der Waals surface area contributed by atoms with E-state index in [1.807, 2.05) is 48.5 Å². The average Bonchev–Trinajstić information content (AvgIpc) is 2.98. The van der Waals surface area contributed by atoms with Crippen molar-refractivity contribution in [3.63, 3.8) is 0 Å². The van der Waals surface area contributed by atoms with E-state index in [4.69, 9.17) is 13.9 Å². The van der Waals surface area contributed by atoms with Crippen molar-refractivity contribution < 1.29 is 19.0 Å². The smallest absolute Gasteiger partial charge is 0.419 e. The third-order valence-corrected chi connectivity index (χ3v) is 4.25. The molecule has 6 heteroatoms. The maximum Gasteiger partial charge on any atom is 0.419 e. The van der Waals surface area contributed by atoms with Crippen molar-refractivity contribution in [2.45, 2.75) is 18.9 Å². The van der Waals surface area contributed by atoms with Gasteiger partial charge in [-0.1, -0.05) is 36.4 Å². The number of hydrogen-bond donors (Lipinski definition) is 2. The second-order valence-corrected chi connectivity index (χ2v) is 5.89. The Morgan fingerprint density at radius 1 is 1.20 bits per heavy atom. The Hall–Kier alpha value is -3.15. The highest BCUT2D eigenvalue weighted by atomic mass is 16.5. The van der Waals surface area contributed by atoms with Crippen molar-refractivity contribution in [2.24, 2.45) is 0 Å². The summed E-state index contributed by atoms with van der Waals surface area (Å²) >= 11 is 0. The van der Waals surface area contributed by atoms with Crippen molar-refractivity contribution in [1.82, 2.24) is 4.98 Å². The maximum atomic E-state index is 11.3. The molecule has 1 aliphatic rings. The van der Waals surface area contributed by atoms with Crippen LogP contribution in [0.15, 0.2) is 57.7 Å². The zero-order valence-corrected chi connectivity index (χ0v) is 13.4. The lowest BCUT2D eigenvalue weighted by molar-refractivity contribution is 0.258. The number of ether oxygens (including phenoxy) is 2. The number of H-pyrrole nitrogens is 1. The topological polar surface area (TPSA) is 84.7 Å². The van der Waals surface area contributed by atoms with Gasteiger partial charge in [-0.25, -0.2) is 4.79 Å². The van der Waals surface area contributed by atoms with Crippen molar-refractivity contribution in [3.05, 3.63) is 76.0 Å². The molecule has 0 amide bonds. The van der Waals surface area contributed by atoms with Crippen LogP contribution in [0.5, 0.6) is 17.4 Å². The highest BCUT2D eigenvalue weighted by Gasteiger charge is 2.29. The fraction of sp³-hybridized carbons (Fsp3) is 0.211. The molecule has 0 saturated carbocycles. The van der Waals surface area contributed by atoms with E-state index in [0.29, 0.717) is 31.1 Å². The van der Waals surface area contributed by atoms with E-state index < -0.39 is 5.76 Å².